The van der Waals surface area contributed by atoms with Gasteiger partial charge < -0.3 is 14.6 Å². The third-order valence-electron chi connectivity index (χ3n) is 5.05. The van der Waals surface area contributed by atoms with Gasteiger partial charge in [-0.05, 0) is 42.0 Å². The predicted octanol–water partition coefficient (Wildman–Crippen LogP) is 5.62. The summed E-state index contributed by atoms with van der Waals surface area (Å²) >= 11 is 12.5. The van der Waals surface area contributed by atoms with Gasteiger partial charge in [0.05, 0.1) is 39.5 Å². The summed E-state index contributed by atoms with van der Waals surface area (Å²) in [5.74, 6) is 0.420. The number of amides is 1. The lowest BCUT2D eigenvalue weighted by molar-refractivity contribution is -0.125. The van der Waals surface area contributed by atoms with Crippen molar-refractivity contribution in [3.8, 4) is 28.1 Å². The van der Waals surface area contributed by atoms with E-state index in [2.05, 4.69) is 21.5 Å². The van der Waals surface area contributed by atoms with Crippen LogP contribution in [0, 0.1) is 0 Å². The van der Waals surface area contributed by atoms with E-state index in [0.29, 0.717) is 28.9 Å². The van der Waals surface area contributed by atoms with Crippen LogP contribution < -0.4 is 4.74 Å². The lowest BCUT2D eigenvalue weighted by Crippen LogP contribution is -2.29. The molecule has 3 aromatic heterocycles. The molecule has 4 rings (SSSR count). The molecule has 3 heterocycles. The first-order chi connectivity index (χ1) is 15.5. The van der Waals surface area contributed by atoms with Crippen molar-refractivity contribution in [2.24, 2.45) is 0 Å². The minimum atomic E-state index is -0.163. The Morgan fingerprint density at radius 1 is 1.22 bits per heavy atom. The number of halogens is 2. The molecule has 162 valence electrons. The number of ether oxygens (including phenoxy) is 1. The number of hydrogen-bond acceptors (Lipinski definition) is 4. The number of H-pyrrole nitrogens is 1. The molecular weight excluding hydrogens is 447 g/mol. The number of fused-ring (bicyclic) bond motifs is 1. The first kappa shape index (κ1) is 21.9. The Hall–Kier alpha value is -3.35. The van der Waals surface area contributed by atoms with Crippen LogP contribution in [0.5, 0.6) is 5.75 Å². The fourth-order valence-electron chi connectivity index (χ4n) is 3.42. The van der Waals surface area contributed by atoms with E-state index in [-0.39, 0.29) is 5.91 Å². The Kier molecular flexibility index (Phi) is 6.44. The first-order valence-corrected chi connectivity index (χ1v) is 10.6. The van der Waals surface area contributed by atoms with Gasteiger partial charge in [0.25, 0.3) is 0 Å². The van der Waals surface area contributed by atoms with Gasteiger partial charge in [-0.15, -0.1) is 0 Å². The van der Waals surface area contributed by atoms with Crippen molar-refractivity contribution in [2.75, 3.05) is 20.2 Å². The number of nitrogens with one attached hydrogen (secondary N) is 1. The highest BCUT2D eigenvalue weighted by Crippen LogP contribution is 2.41. The topological polar surface area (TPSA) is 71.1 Å². The summed E-state index contributed by atoms with van der Waals surface area (Å²) in [6.45, 7) is 4.21. The third-order valence-corrected chi connectivity index (χ3v) is 5.79. The van der Waals surface area contributed by atoms with Gasteiger partial charge in [0, 0.05) is 30.6 Å². The van der Waals surface area contributed by atoms with Crippen LogP contribution in [0.4, 0.5) is 0 Å². The van der Waals surface area contributed by atoms with Crippen LogP contribution in [-0.4, -0.2) is 46.0 Å². The molecule has 0 saturated heterocycles. The van der Waals surface area contributed by atoms with Gasteiger partial charge in [0.1, 0.15) is 12.4 Å². The number of hydrogen-bond donors (Lipinski definition) is 1. The minimum absolute atomic E-state index is 0.163. The van der Waals surface area contributed by atoms with Crippen LogP contribution in [0.2, 0.25) is 10.0 Å². The second kappa shape index (κ2) is 9.42. The van der Waals surface area contributed by atoms with Gasteiger partial charge in [-0.25, -0.2) is 0 Å². The molecule has 0 unspecified atom stereocenters. The summed E-state index contributed by atoms with van der Waals surface area (Å²) in [5.41, 5.74) is 5.08. The zero-order chi connectivity index (χ0) is 22.7. The minimum Gasteiger partial charge on any atom is -0.489 e. The monoisotopic (exact) mass is 466 g/mol. The van der Waals surface area contributed by atoms with E-state index in [4.69, 9.17) is 27.9 Å². The summed E-state index contributed by atoms with van der Waals surface area (Å²) in [6.07, 6.45) is 6.38. The summed E-state index contributed by atoms with van der Waals surface area (Å²) in [7, 11) is 1.70. The molecule has 0 aliphatic carbocycles. The zero-order valence-corrected chi connectivity index (χ0v) is 18.8. The maximum atomic E-state index is 11.7. The molecule has 0 aliphatic heterocycles. The van der Waals surface area contributed by atoms with Gasteiger partial charge in [-0.1, -0.05) is 35.8 Å². The van der Waals surface area contributed by atoms with E-state index < -0.39 is 0 Å². The van der Waals surface area contributed by atoms with E-state index in [0.717, 1.165) is 33.4 Å². The van der Waals surface area contributed by atoms with Gasteiger partial charge in [-0.3, -0.25) is 14.8 Å². The molecule has 0 radical (unpaired) electrons. The highest BCUT2D eigenvalue weighted by Gasteiger charge is 2.20. The van der Waals surface area contributed by atoms with Crippen molar-refractivity contribution >= 4 is 40.1 Å². The van der Waals surface area contributed by atoms with Crippen LogP contribution in [0.25, 0.3) is 33.4 Å². The van der Waals surface area contributed by atoms with Crippen molar-refractivity contribution in [2.45, 2.75) is 0 Å². The average Bonchev–Trinajstić information content (AvgIpc) is 3.20. The maximum Gasteiger partial charge on any atom is 0.245 e. The molecule has 0 saturated carbocycles. The quantitative estimate of drug-likeness (QED) is 0.358. The largest absolute Gasteiger partial charge is 0.489 e. The van der Waals surface area contributed by atoms with Gasteiger partial charge in [0.15, 0.2) is 0 Å². The molecule has 0 fully saturated rings. The van der Waals surface area contributed by atoms with E-state index in [1.54, 1.807) is 31.7 Å². The van der Waals surface area contributed by atoms with Crippen molar-refractivity contribution in [3.05, 3.63) is 77.7 Å². The number of carbonyl (C=O) groups is 1. The third kappa shape index (κ3) is 4.33. The highest BCUT2D eigenvalue weighted by molar-refractivity contribution is 6.42. The van der Waals surface area contributed by atoms with Crippen LogP contribution >= 0.6 is 23.2 Å². The second-order valence-electron chi connectivity index (χ2n) is 7.09. The number of benzene rings is 1. The average molecular weight is 467 g/mol. The molecule has 6 nitrogen and oxygen atoms in total. The molecule has 0 atom stereocenters. The van der Waals surface area contributed by atoms with Crippen molar-refractivity contribution in [1.82, 2.24) is 19.9 Å². The number of aromatic nitrogens is 3. The SMILES string of the molecule is C=CC(=O)N(C)CCOc1cnccc1-c1[nH]c2cccnc2c1-c1ccc(Cl)c(Cl)c1. The van der Waals surface area contributed by atoms with Crippen LogP contribution in [0.1, 0.15) is 0 Å². The molecule has 0 aliphatic rings. The van der Waals surface area contributed by atoms with E-state index >= 15 is 0 Å². The molecular formula is C24H20Cl2N4O2. The van der Waals surface area contributed by atoms with Crippen molar-refractivity contribution in [3.63, 3.8) is 0 Å². The molecule has 32 heavy (non-hydrogen) atoms. The van der Waals surface area contributed by atoms with Crippen molar-refractivity contribution < 1.29 is 9.53 Å². The van der Waals surface area contributed by atoms with Crippen LogP contribution in [-0.2, 0) is 4.79 Å². The smallest absolute Gasteiger partial charge is 0.245 e. The van der Waals surface area contributed by atoms with E-state index in [1.165, 1.54) is 11.0 Å². The maximum absolute atomic E-state index is 11.7. The van der Waals surface area contributed by atoms with E-state index in [1.807, 2.05) is 30.3 Å². The number of rotatable bonds is 7. The molecule has 1 amide bonds. The standard InChI is InChI=1S/C24H20Cl2N4O2/c1-3-21(31)30(2)11-12-32-20-14-27-10-8-16(20)23-22(15-6-7-17(25)18(26)13-15)24-19(29-23)5-4-9-28-24/h3-10,13-14,29H,1,11-12H2,2H3. The lowest BCUT2D eigenvalue weighted by atomic mass is 10.0. The van der Waals surface area contributed by atoms with Gasteiger partial charge in [0.2, 0.25) is 5.91 Å². The predicted molar refractivity (Wildman–Crippen MR) is 128 cm³/mol. The lowest BCUT2D eigenvalue weighted by Gasteiger charge is -2.17. The van der Waals surface area contributed by atoms with Gasteiger partial charge >= 0.3 is 0 Å². The normalized spacial score (nSPS) is 10.8. The Labute approximate surface area is 195 Å². The van der Waals surface area contributed by atoms with Crippen LogP contribution in [0.15, 0.2) is 67.6 Å². The van der Waals surface area contributed by atoms with E-state index in [9.17, 15) is 4.79 Å². The molecule has 0 spiro atoms. The molecule has 0 bridgehead atoms. The Bertz CT molecular complexity index is 1300. The highest BCUT2D eigenvalue weighted by atomic mass is 35.5. The molecule has 4 aromatic rings. The number of nitrogens with zero attached hydrogens (tertiary/aromatic N) is 3. The van der Waals surface area contributed by atoms with Gasteiger partial charge in [-0.2, -0.15) is 0 Å². The fourth-order valence-corrected chi connectivity index (χ4v) is 3.71. The molecule has 8 heteroatoms. The fraction of sp³-hybridized carbons (Fsp3) is 0.125. The number of likely N-dealkylation sites (N-methyl/N-ethyl adjacent to an activating group) is 1. The zero-order valence-electron chi connectivity index (χ0n) is 17.3. The Morgan fingerprint density at radius 3 is 2.84 bits per heavy atom. The first-order valence-electron chi connectivity index (χ1n) is 9.86. The second-order valence-corrected chi connectivity index (χ2v) is 7.90. The summed E-state index contributed by atoms with van der Waals surface area (Å²) in [4.78, 5) is 25.5. The summed E-state index contributed by atoms with van der Waals surface area (Å²) in [6, 6.07) is 11.2. The summed E-state index contributed by atoms with van der Waals surface area (Å²) in [5, 5.41) is 0.942. The number of aromatic amines is 1. The Morgan fingerprint density at radius 2 is 2.06 bits per heavy atom. The number of pyridine rings is 2. The molecule has 1 aromatic carbocycles. The van der Waals surface area contributed by atoms with Crippen molar-refractivity contribution in [1.29, 1.82) is 0 Å². The number of carbonyl (C=O) groups excluding carboxylic acids is 1. The van der Waals surface area contributed by atoms with Crippen LogP contribution in [0.3, 0.4) is 0 Å². The Balaban J connectivity index is 1.77. The molecule has 1 N–H and O–H groups in total. The summed E-state index contributed by atoms with van der Waals surface area (Å²) < 4.78 is 6.01.